The minimum absolute atomic E-state index is 0.00825. The molecule has 0 spiro atoms. The quantitative estimate of drug-likeness (QED) is 0.508. The first-order valence-corrected chi connectivity index (χ1v) is 8.43. The fourth-order valence-electron chi connectivity index (χ4n) is 2.05. The highest BCUT2D eigenvalue weighted by Gasteiger charge is 2.12. The molecule has 1 aromatic carbocycles. The van der Waals surface area contributed by atoms with Crippen LogP contribution < -0.4 is 5.32 Å². The molecule has 0 saturated carbocycles. The van der Waals surface area contributed by atoms with E-state index >= 15 is 0 Å². The predicted octanol–water partition coefficient (Wildman–Crippen LogP) is 1.87. The van der Waals surface area contributed by atoms with Gasteiger partial charge in [-0.2, -0.15) is 4.68 Å². The topological polar surface area (TPSA) is 103 Å². The summed E-state index contributed by atoms with van der Waals surface area (Å²) in [4.78, 5) is 23.2. The number of hydrogen-bond acceptors (Lipinski definition) is 7. The van der Waals surface area contributed by atoms with Crippen LogP contribution in [0.25, 0.3) is 5.69 Å². The number of nitrogens with zero attached hydrogens (tertiary/aromatic N) is 4. The van der Waals surface area contributed by atoms with Gasteiger partial charge in [0.2, 0.25) is 11.1 Å². The Bertz CT molecular complexity index is 858. The maximum Gasteiger partial charge on any atom is 0.230 e. The maximum atomic E-state index is 11.9. The first kappa shape index (κ1) is 16.9. The van der Waals surface area contributed by atoms with Gasteiger partial charge >= 0.3 is 0 Å². The summed E-state index contributed by atoms with van der Waals surface area (Å²) in [6, 6.07) is 10.5. The third-order valence-corrected chi connectivity index (χ3v) is 4.25. The molecular formula is C16H15N5O3S. The van der Waals surface area contributed by atoms with Gasteiger partial charge < -0.3 is 9.73 Å². The second-order valence-corrected chi connectivity index (χ2v) is 6.06. The lowest BCUT2D eigenvalue weighted by molar-refractivity contribution is -0.118. The van der Waals surface area contributed by atoms with Crippen LogP contribution in [0.4, 0.5) is 0 Å². The summed E-state index contributed by atoms with van der Waals surface area (Å²) in [7, 11) is 0. The maximum absolute atomic E-state index is 11.9. The number of amides is 1. The Hall–Kier alpha value is -2.94. The van der Waals surface area contributed by atoms with Gasteiger partial charge in [-0.15, -0.1) is 5.10 Å². The summed E-state index contributed by atoms with van der Waals surface area (Å²) < 4.78 is 6.68. The molecular weight excluding hydrogens is 342 g/mol. The van der Waals surface area contributed by atoms with E-state index in [0.717, 1.165) is 0 Å². The fourth-order valence-corrected chi connectivity index (χ4v) is 2.77. The Labute approximate surface area is 147 Å². The van der Waals surface area contributed by atoms with E-state index in [1.54, 1.807) is 42.7 Å². The zero-order valence-corrected chi connectivity index (χ0v) is 14.2. The van der Waals surface area contributed by atoms with E-state index in [1.165, 1.54) is 23.4 Å². The van der Waals surface area contributed by atoms with Crippen molar-refractivity contribution in [2.75, 3.05) is 5.75 Å². The summed E-state index contributed by atoms with van der Waals surface area (Å²) >= 11 is 1.22. The molecule has 0 atom stereocenters. The monoisotopic (exact) mass is 357 g/mol. The minimum atomic E-state index is -0.150. The normalized spacial score (nSPS) is 10.6. The molecule has 0 aliphatic heterocycles. The Kier molecular flexibility index (Phi) is 5.24. The van der Waals surface area contributed by atoms with E-state index in [0.29, 0.717) is 28.7 Å². The molecule has 0 radical (unpaired) electrons. The van der Waals surface area contributed by atoms with Crippen molar-refractivity contribution >= 4 is 23.5 Å². The fraction of sp³-hybridized carbons (Fsp3) is 0.188. The van der Waals surface area contributed by atoms with Gasteiger partial charge in [0.25, 0.3) is 0 Å². The molecule has 1 amide bonds. The SMILES string of the molecule is CC(=O)c1ccc(-n2nnnc2SCC(=O)NCc2ccco2)cc1. The van der Waals surface area contributed by atoms with E-state index < -0.39 is 0 Å². The second-order valence-electron chi connectivity index (χ2n) is 5.12. The highest BCUT2D eigenvalue weighted by molar-refractivity contribution is 7.99. The van der Waals surface area contributed by atoms with Crippen molar-refractivity contribution in [1.29, 1.82) is 0 Å². The molecule has 0 aliphatic carbocycles. The van der Waals surface area contributed by atoms with E-state index in [4.69, 9.17) is 4.42 Å². The van der Waals surface area contributed by atoms with Crippen LogP contribution in [0.5, 0.6) is 0 Å². The predicted molar refractivity (Wildman–Crippen MR) is 90.4 cm³/mol. The average Bonchev–Trinajstić information content (AvgIpc) is 3.29. The molecule has 128 valence electrons. The number of aromatic nitrogens is 4. The smallest absolute Gasteiger partial charge is 0.230 e. The van der Waals surface area contributed by atoms with Crippen LogP contribution in [0.15, 0.2) is 52.2 Å². The van der Waals surface area contributed by atoms with Gasteiger partial charge in [0.15, 0.2) is 5.78 Å². The lowest BCUT2D eigenvalue weighted by atomic mass is 10.1. The van der Waals surface area contributed by atoms with Gasteiger partial charge in [-0.1, -0.05) is 11.8 Å². The van der Waals surface area contributed by atoms with Crippen LogP contribution in [0.1, 0.15) is 23.0 Å². The third kappa shape index (κ3) is 4.32. The molecule has 0 saturated heterocycles. The minimum Gasteiger partial charge on any atom is -0.467 e. The number of rotatable bonds is 7. The number of benzene rings is 1. The summed E-state index contributed by atoms with van der Waals surface area (Å²) in [5.74, 6) is 0.704. The molecule has 0 bridgehead atoms. The second kappa shape index (κ2) is 7.75. The van der Waals surface area contributed by atoms with Crippen LogP contribution >= 0.6 is 11.8 Å². The summed E-state index contributed by atoms with van der Waals surface area (Å²) in [6.07, 6.45) is 1.56. The standard InChI is InChI=1S/C16H15N5O3S/c1-11(22)12-4-6-13(7-5-12)21-16(18-19-20-21)25-10-15(23)17-9-14-3-2-8-24-14/h2-8H,9-10H2,1H3,(H,17,23). The number of carbonyl (C=O) groups excluding carboxylic acids is 2. The number of carbonyl (C=O) groups is 2. The number of thioether (sulfide) groups is 1. The molecule has 0 unspecified atom stereocenters. The molecule has 3 aromatic rings. The summed E-state index contributed by atoms with van der Waals surface area (Å²) in [6.45, 7) is 1.85. The Morgan fingerprint density at radius 1 is 1.24 bits per heavy atom. The number of nitrogens with one attached hydrogen (secondary N) is 1. The Morgan fingerprint density at radius 3 is 2.72 bits per heavy atom. The number of tetrazole rings is 1. The van der Waals surface area contributed by atoms with Crippen molar-refractivity contribution in [3.05, 3.63) is 54.0 Å². The highest BCUT2D eigenvalue weighted by atomic mass is 32.2. The van der Waals surface area contributed by atoms with E-state index in [1.807, 2.05) is 0 Å². The van der Waals surface area contributed by atoms with Crippen molar-refractivity contribution < 1.29 is 14.0 Å². The zero-order valence-electron chi connectivity index (χ0n) is 13.4. The van der Waals surface area contributed by atoms with Crippen LogP contribution in [-0.2, 0) is 11.3 Å². The van der Waals surface area contributed by atoms with Gasteiger partial charge in [-0.3, -0.25) is 9.59 Å². The number of ketones is 1. The molecule has 9 heteroatoms. The lowest BCUT2D eigenvalue weighted by Crippen LogP contribution is -2.24. The van der Waals surface area contributed by atoms with Gasteiger partial charge in [-0.25, -0.2) is 0 Å². The van der Waals surface area contributed by atoms with Crippen molar-refractivity contribution in [2.45, 2.75) is 18.6 Å². The largest absolute Gasteiger partial charge is 0.467 e. The highest BCUT2D eigenvalue weighted by Crippen LogP contribution is 2.18. The van der Waals surface area contributed by atoms with Gasteiger partial charge in [0.1, 0.15) is 5.76 Å². The van der Waals surface area contributed by atoms with Crippen molar-refractivity contribution in [3.8, 4) is 5.69 Å². The summed E-state index contributed by atoms with van der Waals surface area (Å²) in [5.41, 5.74) is 1.33. The average molecular weight is 357 g/mol. The number of furan rings is 1. The first-order valence-electron chi connectivity index (χ1n) is 7.45. The van der Waals surface area contributed by atoms with Crippen molar-refractivity contribution in [1.82, 2.24) is 25.5 Å². The van der Waals surface area contributed by atoms with Crippen LogP contribution in [0.2, 0.25) is 0 Å². The van der Waals surface area contributed by atoms with E-state index in [9.17, 15) is 9.59 Å². The molecule has 2 aromatic heterocycles. The van der Waals surface area contributed by atoms with Crippen LogP contribution in [0.3, 0.4) is 0 Å². The van der Waals surface area contributed by atoms with Gasteiger partial charge in [0, 0.05) is 5.56 Å². The molecule has 25 heavy (non-hydrogen) atoms. The molecule has 0 fully saturated rings. The van der Waals surface area contributed by atoms with E-state index in [-0.39, 0.29) is 17.4 Å². The summed E-state index contributed by atoms with van der Waals surface area (Å²) in [5, 5.41) is 14.8. The molecule has 0 aliphatic rings. The molecule has 3 rings (SSSR count). The lowest BCUT2D eigenvalue weighted by Gasteiger charge is -2.05. The first-order chi connectivity index (χ1) is 12.1. The zero-order chi connectivity index (χ0) is 17.6. The Morgan fingerprint density at radius 2 is 2.04 bits per heavy atom. The van der Waals surface area contributed by atoms with Gasteiger partial charge in [-0.05, 0) is 53.7 Å². The molecule has 2 heterocycles. The van der Waals surface area contributed by atoms with E-state index in [2.05, 4.69) is 20.8 Å². The van der Waals surface area contributed by atoms with Gasteiger partial charge in [0.05, 0.1) is 24.2 Å². The molecule has 8 nitrogen and oxygen atoms in total. The molecule has 1 N–H and O–H groups in total. The van der Waals surface area contributed by atoms with Crippen LogP contribution in [-0.4, -0.2) is 37.7 Å². The van der Waals surface area contributed by atoms with Crippen LogP contribution in [0, 0.1) is 0 Å². The van der Waals surface area contributed by atoms with Crippen molar-refractivity contribution in [2.24, 2.45) is 0 Å². The number of Topliss-reactive ketones (excluding diaryl/α,β-unsaturated/α-hetero) is 1. The van der Waals surface area contributed by atoms with Crippen molar-refractivity contribution in [3.63, 3.8) is 0 Å². The Balaban J connectivity index is 1.59. The number of hydrogen-bond donors (Lipinski definition) is 1. The third-order valence-electron chi connectivity index (χ3n) is 3.33.